The fraction of sp³-hybridized carbons (Fsp3) is 0.167. The summed E-state index contributed by atoms with van der Waals surface area (Å²) in [5.74, 6) is -0.157. The maximum atomic E-state index is 10.6. The first-order valence-electron chi connectivity index (χ1n) is 2.71. The standard InChI is InChI=1S/C6H6ClNOS/c7-3-6(9)8-5-1-2-10-4-5/h1-2,4H,3H2,(H,8,9). The molecule has 0 aliphatic rings. The molecule has 0 aliphatic carbocycles. The molecule has 1 rings (SSSR count). The second kappa shape index (κ2) is 3.58. The lowest BCUT2D eigenvalue weighted by Crippen LogP contribution is -2.11. The molecule has 54 valence electrons. The Kier molecular flexibility index (Phi) is 2.71. The second-order valence-corrected chi connectivity index (χ2v) is 2.74. The third kappa shape index (κ3) is 2.01. The molecule has 1 aromatic heterocycles. The van der Waals surface area contributed by atoms with Crippen molar-refractivity contribution in [3.8, 4) is 0 Å². The lowest BCUT2D eigenvalue weighted by Gasteiger charge is -1.95. The fourth-order valence-electron chi connectivity index (χ4n) is 0.530. The van der Waals surface area contributed by atoms with Crippen LogP contribution in [0.2, 0.25) is 0 Å². The van der Waals surface area contributed by atoms with E-state index in [0.717, 1.165) is 5.69 Å². The summed E-state index contributed by atoms with van der Waals surface area (Å²) in [5, 5.41) is 6.36. The number of hydrogen-bond donors (Lipinski definition) is 1. The number of hydrogen-bond acceptors (Lipinski definition) is 2. The molecule has 0 aliphatic heterocycles. The van der Waals surface area contributed by atoms with Gasteiger partial charge in [-0.2, -0.15) is 11.3 Å². The zero-order valence-electron chi connectivity index (χ0n) is 5.13. The first-order valence-corrected chi connectivity index (χ1v) is 4.18. The summed E-state index contributed by atoms with van der Waals surface area (Å²) in [6.07, 6.45) is 0. The molecule has 4 heteroatoms. The average Bonchev–Trinajstić information content (AvgIpc) is 2.40. The largest absolute Gasteiger partial charge is 0.324 e. The molecule has 0 saturated heterocycles. The van der Waals surface area contributed by atoms with Crippen LogP contribution >= 0.6 is 22.9 Å². The number of amides is 1. The van der Waals surface area contributed by atoms with Crippen molar-refractivity contribution < 1.29 is 4.79 Å². The van der Waals surface area contributed by atoms with Gasteiger partial charge >= 0.3 is 0 Å². The predicted octanol–water partition coefficient (Wildman–Crippen LogP) is 1.93. The monoisotopic (exact) mass is 175 g/mol. The van der Waals surface area contributed by atoms with Gasteiger partial charge < -0.3 is 5.32 Å². The third-order valence-corrected chi connectivity index (χ3v) is 1.85. The van der Waals surface area contributed by atoms with E-state index >= 15 is 0 Å². The van der Waals surface area contributed by atoms with E-state index < -0.39 is 0 Å². The van der Waals surface area contributed by atoms with Gasteiger partial charge in [0.2, 0.25) is 5.91 Å². The Hall–Kier alpha value is -0.540. The minimum Gasteiger partial charge on any atom is -0.324 e. The van der Waals surface area contributed by atoms with Crippen molar-refractivity contribution in [1.29, 1.82) is 0 Å². The van der Waals surface area contributed by atoms with E-state index in [0.29, 0.717) is 0 Å². The normalized spacial score (nSPS) is 9.30. The highest BCUT2D eigenvalue weighted by atomic mass is 35.5. The zero-order chi connectivity index (χ0) is 7.40. The maximum absolute atomic E-state index is 10.6. The Bertz CT molecular complexity index is 210. The molecule has 0 atom stereocenters. The van der Waals surface area contributed by atoms with Crippen molar-refractivity contribution in [1.82, 2.24) is 0 Å². The minimum absolute atomic E-state index is 0.00977. The summed E-state index contributed by atoms with van der Waals surface area (Å²) in [7, 11) is 0. The van der Waals surface area contributed by atoms with Crippen molar-refractivity contribution >= 4 is 34.5 Å². The summed E-state index contributed by atoms with van der Waals surface area (Å²) in [6.45, 7) is 0. The van der Waals surface area contributed by atoms with Gasteiger partial charge in [0.25, 0.3) is 0 Å². The van der Waals surface area contributed by atoms with Gasteiger partial charge in [0, 0.05) is 5.38 Å². The van der Waals surface area contributed by atoms with Crippen LogP contribution < -0.4 is 5.32 Å². The Balaban J connectivity index is 2.48. The van der Waals surface area contributed by atoms with Gasteiger partial charge in [0.15, 0.2) is 0 Å². The highest BCUT2D eigenvalue weighted by Crippen LogP contribution is 2.11. The van der Waals surface area contributed by atoms with Crippen LogP contribution in [-0.2, 0) is 4.79 Å². The molecule has 2 nitrogen and oxygen atoms in total. The van der Waals surface area contributed by atoms with Gasteiger partial charge in [-0.15, -0.1) is 11.6 Å². The maximum Gasteiger partial charge on any atom is 0.239 e. The van der Waals surface area contributed by atoms with Crippen LogP contribution in [0.4, 0.5) is 5.69 Å². The number of halogens is 1. The SMILES string of the molecule is O=C(CCl)Nc1ccsc1. The van der Waals surface area contributed by atoms with Crippen molar-refractivity contribution in [2.24, 2.45) is 0 Å². The summed E-state index contributed by atoms with van der Waals surface area (Å²) >= 11 is 6.79. The molecule has 1 heterocycles. The fourth-order valence-corrected chi connectivity index (χ4v) is 1.18. The molecule has 1 amide bonds. The first-order chi connectivity index (χ1) is 4.83. The molecular formula is C6H6ClNOS. The Labute approximate surface area is 67.8 Å². The van der Waals surface area contributed by atoms with Crippen LogP contribution in [0.3, 0.4) is 0 Å². The van der Waals surface area contributed by atoms with E-state index in [4.69, 9.17) is 11.6 Å². The topological polar surface area (TPSA) is 29.1 Å². The molecule has 10 heavy (non-hydrogen) atoms. The number of anilines is 1. The third-order valence-electron chi connectivity index (χ3n) is 0.926. The predicted molar refractivity (Wildman–Crippen MR) is 43.7 cm³/mol. The number of rotatable bonds is 2. The van der Waals surface area contributed by atoms with Gasteiger partial charge in [-0.3, -0.25) is 4.79 Å². The van der Waals surface area contributed by atoms with E-state index in [1.165, 1.54) is 11.3 Å². The molecule has 0 aromatic carbocycles. The van der Waals surface area contributed by atoms with E-state index in [1.807, 2.05) is 16.8 Å². The van der Waals surface area contributed by atoms with Crippen molar-refractivity contribution in [3.63, 3.8) is 0 Å². The number of thiophene rings is 1. The van der Waals surface area contributed by atoms with Crippen LogP contribution in [0, 0.1) is 0 Å². The van der Waals surface area contributed by atoms with Gasteiger partial charge in [-0.25, -0.2) is 0 Å². The minimum atomic E-state index is -0.167. The highest BCUT2D eigenvalue weighted by Gasteiger charge is 1.97. The molecule has 1 N–H and O–H groups in total. The van der Waals surface area contributed by atoms with Gasteiger partial charge in [0.1, 0.15) is 5.88 Å². The highest BCUT2D eigenvalue weighted by molar-refractivity contribution is 7.08. The lowest BCUT2D eigenvalue weighted by atomic mass is 10.5. The van der Waals surface area contributed by atoms with E-state index in [-0.39, 0.29) is 11.8 Å². The zero-order valence-corrected chi connectivity index (χ0v) is 6.71. The number of alkyl halides is 1. The number of carbonyl (C=O) groups is 1. The molecule has 0 spiro atoms. The van der Waals surface area contributed by atoms with Gasteiger partial charge in [-0.1, -0.05) is 0 Å². The average molecular weight is 176 g/mol. The first kappa shape index (κ1) is 7.57. The van der Waals surface area contributed by atoms with Crippen molar-refractivity contribution in [2.45, 2.75) is 0 Å². The Morgan fingerprint density at radius 3 is 3.10 bits per heavy atom. The lowest BCUT2D eigenvalue weighted by molar-refractivity contribution is -0.113. The molecule has 0 bridgehead atoms. The Morgan fingerprint density at radius 2 is 2.60 bits per heavy atom. The molecule has 0 saturated carbocycles. The van der Waals surface area contributed by atoms with Gasteiger partial charge in [-0.05, 0) is 11.4 Å². The second-order valence-electron chi connectivity index (χ2n) is 1.69. The molecule has 1 aromatic rings. The van der Waals surface area contributed by atoms with E-state index in [9.17, 15) is 4.79 Å². The van der Waals surface area contributed by atoms with Crippen molar-refractivity contribution in [3.05, 3.63) is 16.8 Å². The molecular weight excluding hydrogens is 170 g/mol. The number of carbonyl (C=O) groups excluding carboxylic acids is 1. The van der Waals surface area contributed by atoms with Crippen LogP contribution in [-0.4, -0.2) is 11.8 Å². The summed E-state index contributed by atoms with van der Waals surface area (Å²) < 4.78 is 0. The Morgan fingerprint density at radius 1 is 1.80 bits per heavy atom. The number of nitrogens with one attached hydrogen (secondary N) is 1. The van der Waals surface area contributed by atoms with Crippen LogP contribution in [0.25, 0.3) is 0 Å². The summed E-state index contributed by atoms with van der Waals surface area (Å²) in [6, 6.07) is 1.83. The van der Waals surface area contributed by atoms with Crippen LogP contribution in [0.5, 0.6) is 0 Å². The summed E-state index contributed by atoms with van der Waals surface area (Å²) in [5.41, 5.74) is 0.815. The van der Waals surface area contributed by atoms with Gasteiger partial charge in [0.05, 0.1) is 5.69 Å². The quantitative estimate of drug-likeness (QED) is 0.684. The molecule has 0 fully saturated rings. The molecule has 0 unspecified atom stereocenters. The van der Waals surface area contributed by atoms with Crippen molar-refractivity contribution in [2.75, 3.05) is 11.2 Å². The van der Waals surface area contributed by atoms with Crippen LogP contribution in [0.1, 0.15) is 0 Å². The smallest absolute Gasteiger partial charge is 0.239 e. The van der Waals surface area contributed by atoms with E-state index in [2.05, 4.69) is 5.32 Å². The van der Waals surface area contributed by atoms with Crippen LogP contribution in [0.15, 0.2) is 16.8 Å². The summed E-state index contributed by atoms with van der Waals surface area (Å²) in [4.78, 5) is 10.6. The van der Waals surface area contributed by atoms with E-state index in [1.54, 1.807) is 0 Å². The molecule has 0 radical (unpaired) electrons.